The Morgan fingerprint density at radius 2 is 1.81 bits per heavy atom. The molecule has 2 unspecified atom stereocenters. The first-order chi connectivity index (χ1) is 12.7. The van der Waals surface area contributed by atoms with Crippen molar-refractivity contribution in [3.05, 3.63) is 53.8 Å². The maximum Gasteiger partial charge on any atom is 0.0973 e. The smallest absolute Gasteiger partial charge is 0.0973 e. The predicted molar refractivity (Wildman–Crippen MR) is 103 cm³/mol. The SMILES string of the molecule is N#CC1C2CCC1CN(c1cccn3ncc(-c4ccc(Cl)cc4)c13)C2. The fourth-order valence-electron chi connectivity index (χ4n) is 4.75. The molecular formula is C21H19ClN4. The number of fused-ring (bicyclic) bond motifs is 3. The zero-order chi connectivity index (χ0) is 17.7. The van der Waals surface area contributed by atoms with Gasteiger partial charge in [-0.05, 0) is 54.5 Å². The Labute approximate surface area is 157 Å². The second-order valence-corrected chi connectivity index (χ2v) is 7.85. The molecule has 3 aromatic rings. The first-order valence-corrected chi connectivity index (χ1v) is 9.49. The molecule has 5 heteroatoms. The fourth-order valence-corrected chi connectivity index (χ4v) is 4.88. The van der Waals surface area contributed by atoms with Crippen LogP contribution in [-0.2, 0) is 0 Å². The summed E-state index contributed by atoms with van der Waals surface area (Å²) in [5, 5.41) is 14.8. The van der Waals surface area contributed by atoms with E-state index in [1.165, 1.54) is 18.5 Å². The Balaban J connectivity index is 1.60. The molecule has 2 aromatic heterocycles. The monoisotopic (exact) mass is 362 g/mol. The molecule has 2 bridgehead atoms. The van der Waals surface area contributed by atoms with Crippen LogP contribution < -0.4 is 4.90 Å². The second-order valence-electron chi connectivity index (χ2n) is 7.41. The Bertz CT molecular complexity index is 987. The van der Waals surface area contributed by atoms with Crippen molar-refractivity contribution in [2.24, 2.45) is 17.8 Å². The maximum absolute atomic E-state index is 9.49. The van der Waals surface area contributed by atoms with E-state index in [4.69, 9.17) is 11.6 Å². The summed E-state index contributed by atoms with van der Waals surface area (Å²) in [6.45, 7) is 1.92. The first kappa shape index (κ1) is 15.7. The van der Waals surface area contributed by atoms with E-state index in [0.717, 1.165) is 34.8 Å². The number of nitrogens with zero attached hydrogens (tertiary/aromatic N) is 4. The average molecular weight is 363 g/mol. The van der Waals surface area contributed by atoms with Crippen molar-refractivity contribution < 1.29 is 0 Å². The predicted octanol–water partition coefficient (Wildman–Crippen LogP) is 4.64. The largest absolute Gasteiger partial charge is 0.369 e. The van der Waals surface area contributed by atoms with Crippen LogP contribution in [0.15, 0.2) is 48.8 Å². The molecule has 0 spiro atoms. The highest BCUT2D eigenvalue weighted by Gasteiger charge is 2.42. The van der Waals surface area contributed by atoms with Gasteiger partial charge < -0.3 is 4.90 Å². The molecular weight excluding hydrogens is 344 g/mol. The number of halogens is 1. The molecule has 2 fully saturated rings. The van der Waals surface area contributed by atoms with Gasteiger partial charge in [-0.2, -0.15) is 10.4 Å². The molecule has 1 aliphatic carbocycles. The third-order valence-electron chi connectivity index (χ3n) is 6.00. The molecule has 130 valence electrons. The zero-order valence-electron chi connectivity index (χ0n) is 14.3. The standard InChI is InChI=1S/C21H19ClN4/c22-17-7-5-14(6-8-17)19-11-24-26-9-1-2-20(21(19)26)25-12-15-3-4-16(13-25)18(15)10-23/h1-2,5-9,11,15-16,18H,3-4,12-13H2. The maximum atomic E-state index is 9.49. The van der Waals surface area contributed by atoms with Gasteiger partial charge in [-0.3, -0.25) is 0 Å². The van der Waals surface area contributed by atoms with Crippen LogP contribution in [0, 0.1) is 29.1 Å². The van der Waals surface area contributed by atoms with Crippen LogP contribution in [-0.4, -0.2) is 22.7 Å². The molecule has 4 nitrogen and oxygen atoms in total. The molecule has 0 radical (unpaired) electrons. The van der Waals surface area contributed by atoms with E-state index in [0.29, 0.717) is 11.8 Å². The van der Waals surface area contributed by atoms with Crippen LogP contribution >= 0.6 is 11.6 Å². The van der Waals surface area contributed by atoms with Gasteiger partial charge in [0, 0.05) is 29.9 Å². The van der Waals surface area contributed by atoms with Gasteiger partial charge in [0.25, 0.3) is 0 Å². The summed E-state index contributed by atoms with van der Waals surface area (Å²) in [4.78, 5) is 2.46. The van der Waals surface area contributed by atoms with Gasteiger partial charge in [0.1, 0.15) is 0 Å². The third kappa shape index (κ3) is 2.39. The summed E-state index contributed by atoms with van der Waals surface area (Å²) >= 11 is 6.06. The Morgan fingerprint density at radius 1 is 1.08 bits per heavy atom. The van der Waals surface area contributed by atoms with Gasteiger partial charge in [-0.15, -0.1) is 0 Å². The van der Waals surface area contributed by atoms with Crippen LogP contribution in [0.1, 0.15) is 12.8 Å². The summed E-state index contributed by atoms with van der Waals surface area (Å²) in [7, 11) is 0. The first-order valence-electron chi connectivity index (χ1n) is 9.11. The summed E-state index contributed by atoms with van der Waals surface area (Å²) in [5.74, 6) is 1.20. The molecule has 0 N–H and O–H groups in total. The number of pyridine rings is 1. The molecule has 5 rings (SSSR count). The number of rotatable bonds is 2. The Hall–Kier alpha value is -2.51. The summed E-state index contributed by atoms with van der Waals surface area (Å²) in [5.41, 5.74) is 4.58. The third-order valence-corrected chi connectivity index (χ3v) is 6.25. The Kier molecular flexibility index (Phi) is 3.65. The van der Waals surface area contributed by atoms with Crippen LogP contribution in [0.25, 0.3) is 16.6 Å². The van der Waals surface area contributed by atoms with Crippen LogP contribution in [0.3, 0.4) is 0 Å². The van der Waals surface area contributed by atoms with E-state index < -0.39 is 0 Å². The van der Waals surface area contributed by atoms with Crippen LogP contribution in [0.2, 0.25) is 5.02 Å². The molecule has 2 atom stereocenters. The average Bonchev–Trinajstić information content (AvgIpc) is 3.20. The molecule has 2 aliphatic rings. The number of hydrogen-bond donors (Lipinski definition) is 0. The molecule has 26 heavy (non-hydrogen) atoms. The quantitative estimate of drug-likeness (QED) is 0.667. The van der Waals surface area contributed by atoms with Crippen molar-refractivity contribution >= 4 is 22.8 Å². The van der Waals surface area contributed by atoms with E-state index in [1.807, 2.05) is 41.2 Å². The van der Waals surface area contributed by atoms with E-state index in [2.05, 4.69) is 28.2 Å². The van der Waals surface area contributed by atoms with Gasteiger partial charge in [-0.1, -0.05) is 23.7 Å². The lowest BCUT2D eigenvalue weighted by Gasteiger charge is -2.36. The fraction of sp³-hybridized carbons (Fsp3) is 0.333. The number of nitriles is 1. The number of benzene rings is 1. The number of anilines is 1. The summed E-state index contributed by atoms with van der Waals surface area (Å²) < 4.78 is 1.96. The van der Waals surface area contributed by atoms with Gasteiger partial charge in [0.15, 0.2) is 0 Å². The van der Waals surface area contributed by atoms with Crippen molar-refractivity contribution in [2.75, 3.05) is 18.0 Å². The molecule has 3 heterocycles. The topological polar surface area (TPSA) is 44.3 Å². The van der Waals surface area contributed by atoms with Crippen molar-refractivity contribution in [3.63, 3.8) is 0 Å². The molecule has 0 amide bonds. The normalized spacial score (nSPS) is 24.8. The zero-order valence-corrected chi connectivity index (χ0v) is 15.1. The molecule has 1 saturated heterocycles. The van der Waals surface area contributed by atoms with Crippen LogP contribution in [0.4, 0.5) is 5.69 Å². The van der Waals surface area contributed by atoms with E-state index in [9.17, 15) is 5.26 Å². The summed E-state index contributed by atoms with van der Waals surface area (Å²) in [6, 6.07) is 14.7. The summed E-state index contributed by atoms with van der Waals surface area (Å²) in [6.07, 6.45) is 6.27. The van der Waals surface area contributed by atoms with Crippen molar-refractivity contribution in [1.82, 2.24) is 9.61 Å². The van der Waals surface area contributed by atoms with E-state index in [-0.39, 0.29) is 5.92 Å². The Morgan fingerprint density at radius 3 is 2.50 bits per heavy atom. The van der Waals surface area contributed by atoms with Crippen molar-refractivity contribution in [1.29, 1.82) is 5.26 Å². The van der Waals surface area contributed by atoms with E-state index >= 15 is 0 Å². The molecule has 1 aromatic carbocycles. The van der Waals surface area contributed by atoms with Gasteiger partial charge >= 0.3 is 0 Å². The highest BCUT2D eigenvalue weighted by molar-refractivity contribution is 6.30. The van der Waals surface area contributed by atoms with Gasteiger partial charge in [0.2, 0.25) is 0 Å². The molecule has 1 aliphatic heterocycles. The van der Waals surface area contributed by atoms with E-state index in [1.54, 1.807) is 0 Å². The lowest BCUT2D eigenvalue weighted by molar-refractivity contribution is 0.337. The number of aromatic nitrogens is 2. The second kappa shape index (κ2) is 6.03. The number of piperidine rings is 1. The lowest BCUT2D eigenvalue weighted by Crippen LogP contribution is -2.41. The van der Waals surface area contributed by atoms with Crippen molar-refractivity contribution in [2.45, 2.75) is 12.8 Å². The minimum Gasteiger partial charge on any atom is -0.369 e. The number of hydrogen-bond acceptors (Lipinski definition) is 3. The van der Waals surface area contributed by atoms with Crippen LogP contribution in [0.5, 0.6) is 0 Å². The minimum absolute atomic E-state index is 0.228. The lowest BCUT2D eigenvalue weighted by atomic mass is 9.86. The highest BCUT2D eigenvalue weighted by Crippen LogP contribution is 2.44. The molecule has 1 saturated carbocycles. The highest BCUT2D eigenvalue weighted by atomic mass is 35.5. The van der Waals surface area contributed by atoms with Gasteiger partial charge in [0.05, 0.1) is 29.4 Å². The minimum atomic E-state index is 0.228. The van der Waals surface area contributed by atoms with Crippen molar-refractivity contribution in [3.8, 4) is 17.2 Å². The van der Waals surface area contributed by atoms with Gasteiger partial charge in [-0.25, -0.2) is 4.52 Å².